The molecular formula is C15H28OS. The molecule has 1 nitrogen and oxygen atoms in total. The predicted molar refractivity (Wildman–Crippen MR) is 77.7 cm³/mol. The van der Waals surface area contributed by atoms with Crippen LogP contribution in [-0.4, -0.2) is 16.2 Å². The van der Waals surface area contributed by atoms with E-state index in [1.807, 2.05) is 6.26 Å². The smallest absolute Gasteiger partial charge is 0.0297 e. The fourth-order valence-electron chi connectivity index (χ4n) is 2.70. The molecule has 0 aliphatic heterocycles. The summed E-state index contributed by atoms with van der Waals surface area (Å²) >= 11 is 0. The topological polar surface area (TPSA) is 17.1 Å². The number of hydrogen-bond donors (Lipinski definition) is 0. The lowest BCUT2D eigenvalue weighted by atomic mass is 9.90. The highest BCUT2D eigenvalue weighted by Gasteiger charge is 2.14. The van der Waals surface area contributed by atoms with E-state index in [-0.39, 0.29) is 0 Å². The molecule has 1 fully saturated rings. The van der Waals surface area contributed by atoms with Gasteiger partial charge in [0.2, 0.25) is 0 Å². The summed E-state index contributed by atoms with van der Waals surface area (Å²) in [4.78, 5) is 0. The fourth-order valence-corrected chi connectivity index (χ4v) is 3.67. The maximum atomic E-state index is 11.4. The second kappa shape index (κ2) is 8.91. The molecule has 2 atom stereocenters. The summed E-state index contributed by atoms with van der Waals surface area (Å²) in [5.41, 5.74) is 1.36. The normalized spacial score (nSPS) is 26.9. The summed E-state index contributed by atoms with van der Waals surface area (Å²) in [6.07, 6.45) is 15.0. The first-order valence-electron chi connectivity index (χ1n) is 7.18. The molecule has 0 aromatic carbocycles. The zero-order valence-electron chi connectivity index (χ0n) is 11.4. The van der Waals surface area contributed by atoms with E-state index < -0.39 is 10.8 Å². The zero-order valence-corrected chi connectivity index (χ0v) is 12.2. The van der Waals surface area contributed by atoms with Crippen molar-refractivity contribution >= 4 is 10.8 Å². The first-order chi connectivity index (χ1) is 8.20. The van der Waals surface area contributed by atoms with Gasteiger partial charge >= 0.3 is 0 Å². The maximum Gasteiger partial charge on any atom is 0.0297 e. The Morgan fingerprint density at radius 3 is 2.18 bits per heavy atom. The van der Waals surface area contributed by atoms with Crippen molar-refractivity contribution in [2.75, 3.05) is 12.0 Å². The van der Waals surface area contributed by atoms with Gasteiger partial charge in [-0.15, -0.1) is 0 Å². The molecule has 0 aromatic rings. The van der Waals surface area contributed by atoms with Crippen molar-refractivity contribution < 1.29 is 4.21 Å². The molecule has 1 aliphatic carbocycles. The summed E-state index contributed by atoms with van der Waals surface area (Å²) in [5, 5.41) is 0. The molecule has 0 aromatic heterocycles. The maximum absolute atomic E-state index is 11.4. The standard InChI is InChI=1S/C15H28OS/c1-14-11-9-7-5-3-4-6-8-10-12-15(14)13-17(2)16/h15H,1,3-13H2,2H3. The molecule has 1 rings (SSSR count). The van der Waals surface area contributed by atoms with E-state index >= 15 is 0 Å². The Hall–Kier alpha value is -0.110. The fraction of sp³-hybridized carbons (Fsp3) is 0.867. The van der Waals surface area contributed by atoms with Crippen LogP contribution in [0.15, 0.2) is 12.2 Å². The van der Waals surface area contributed by atoms with Crippen molar-refractivity contribution in [3.8, 4) is 0 Å². The van der Waals surface area contributed by atoms with Crippen LogP contribution in [0, 0.1) is 5.92 Å². The third-order valence-electron chi connectivity index (χ3n) is 3.81. The lowest BCUT2D eigenvalue weighted by Crippen LogP contribution is -2.13. The molecule has 0 radical (unpaired) electrons. The second-order valence-corrected chi connectivity index (χ2v) is 6.94. The van der Waals surface area contributed by atoms with Gasteiger partial charge in [0.25, 0.3) is 0 Å². The third kappa shape index (κ3) is 7.03. The number of allylic oxidation sites excluding steroid dienone is 1. The van der Waals surface area contributed by atoms with Gasteiger partial charge in [-0.3, -0.25) is 4.21 Å². The van der Waals surface area contributed by atoms with Crippen LogP contribution >= 0.6 is 0 Å². The minimum atomic E-state index is -0.676. The Balaban J connectivity index is 2.45. The van der Waals surface area contributed by atoms with Gasteiger partial charge in [0.1, 0.15) is 0 Å². The number of hydrogen-bond acceptors (Lipinski definition) is 1. The van der Waals surface area contributed by atoms with Gasteiger partial charge in [0, 0.05) is 22.8 Å². The molecule has 2 unspecified atom stereocenters. The minimum Gasteiger partial charge on any atom is -0.260 e. The van der Waals surface area contributed by atoms with Gasteiger partial charge in [-0.1, -0.05) is 57.1 Å². The molecule has 0 bridgehead atoms. The van der Waals surface area contributed by atoms with Gasteiger partial charge in [-0.2, -0.15) is 0 Å². The molecule has 17 heavy (non-hydrogen) atoms. The highest BCUT2D eigenvalue weighted by atomic mass is 32.2. The quantitative estimate of drug-likeness (QED) is 0.667. The predicted octanol–water partition coefficient (Wildman–Crippen LogP) is 4.45. The summed E-state index contributed by atoms with van der Waals surface area (Å²) < 4.78 is 11.4. The van der Waals surface area contributed by atoms with Crippen molar-refractivity contribution in [3.05, 3.63) is 12.2 Å². The average molecular weight is 256 g/mol. The second-order valence-electron chi connectivity index (χ2n) is 5.46. The van der Waals surface area contributed by atoms with Crippen molar-refractivity contribution in [1.29, 1.82) is 0 Å². The zero-order chi connectivity index (χ0) is 12.5. The van der Waals surface area contributed by atoms with E-state index in [1.54, 1.807) is 0 Å². The van der Waals surface area contributed by atoms with Gasteiger partial charge in [0.05, 0.1) is 0 Å². The molecule has 0 N–H and O–H groups in total. The van der Waals surface area contributed by atoms with E-state index in [9.17, 15) is 4.21 Å². The van der Waals surface area contributed by atoms with Crippen molar-refractivity contribution in [3.63, 3.8) is 0 Å². The van der Waals surface area contributed by atoms with E-state index in [0.717, 1.165) is 12.2 Å². The van der Waals surface area contributed by atoms with Crippen LogP contribution in [-0.2, 0) is 10.8 Å². The van der Waals surface area contributed by atoms with Crippen LogP contribution in [0.2, 0.25) is 0 Å². The van der Waals surface area contributed by atoms with Crippen molar-refractivity contribution in [2.24, 2.45) is 5.92 Å². The number of rotatable bonds is 2. The van der Waals surface area contributed by atoms with E-state index in [0.29, 0.717) is 5.92 Å². The van der Waals surface area contributed by atoms with Gasteiger partial charge in [-0.05, 0) is 25.2 Å². The van der Waals surface area contributed by atoms with E-state index in [4.69, 9.17) is 0 Å². The van der Waals surface area contributed by atoms with Crippen LogP contribution in [0.1, 0.15) is 64.2 Å². The first kappa shape index (κ1) is 14.9. The highest BCUT2D eigenvalue weighted by molar-refractivity contribution is 7.84. The molecular weight excluding hydrogens is 228 g/mol. The van der Waals surface area contributed by atoms with Gasteiger partial charge < -0.3 is 0 Å². The highest BCUT2D eigenvalue weighted by Crippen LogP contribution is 2.25. The molecule has 0 amide bonds. The summed E-state index contributed by atoms with van der Waals surface area (Å²) in [7, 11) is -0.676. The Morgan fingerprint density at radius 1 is 1.06 bits per heavy atom. The van der Waals surface area contributed by atoms with Crippen LogP contribution in [0.25, 0.3) is 0 Å². The molecule has 1 saturated carbocycles. The SMILES string of the molecule is C=C1CCCCCCCCCCC1CS(C)=O. The minimum absolute atomic E-state index is 0.514. The van der Waals surface area contributed by atoms with E-state index in [1.165, 1.54) is 63.4 Å². The van der Waals surface area contributed by atoms with Crippen LogP contribution in [0.5, 0.6) is 0 Å². The Bertz CT molecular complexity index is 247. The molecule has 100 valence electrons. The van der Waals surface area contributed by atoms with Crippen molar-refractivity contribution in [1.82, 2.24) is 0 Å². The van der Waals surface area contributed by atoms with Crippen LogP contribution in [0.4, 0.5) is 0 Å². The largest absolute Gasteiger partial charge is 0.260 e. The van der Waals surface area contributed by atoms with Crippen molar-refractivity contribution in [2.45, 2.75) is 64.2 Å². The average Bonchev–Trinajstić information content (AvgIpc) is 2.27. The summed E-state index contributed by atoms with van der Waals surface area (Å²) in [5.74, 6) is 1.35. The molecule has 0 saturated heterocycles. The summed E-state index contributed by atoms with van der Waals surface area (Å²) in [6, 6.07) is 0. The Morgan fingerprint density at radius 2 is 1.59 bits per heavy atom. The molecule has 2 heteroatoms. The Labute approximate surface area is 110 Å². The lowest BCUT2D eigenvalue weighted by Gasteiger charge is -2.19. The van der Waals surface area contributed by atoms with Crippen LogP contribution in [0.3, 0.4) is 0 Å². The van der Waals surface area contributed by atoms with Gasteiger partial charge in [0.15, 0.2) is 0 Å². The van der Waals surface area contributed by atoms with Gasteiger partial charge in [-0.25, -0.2) is 0 Å². The monoisotopic (exact) mass is 256 g/mol. The molecule has 1 aliphatic rings. The third-order valence-corrected chi connectivity index (χ3v) is 4.69. The summed E-state index contributed by atoms with van der Waals surface area (Å²) in [6.45, 7) is 4.24. The first-order valence-corrected chi connectivity index (χ1v) is 8.90. The Kier molecular flexibility index (Phi) is 7.83. The van der Waals surface area contributed by atoms with Crippen LogP contribution < -0.4 is 0 Å². The van der Waals surface area contributed by atoms with E-state index in [2.05, 4.69) is 6.58 Å². The lowest BCUT2D eigenvalue weighted by molar-refractivity contribution is 0.492. The molecule has 0 spiro atoms. The molecule has 0 heterocycles.